The van der Waals surface area contributed by atoms with Crippen LogP contribution in [-0.2, 0) is 9.59 Å². The summed E-state index contributed by atoms with van der Waals surface area (Å²) in [6.45, 7) is 0.286. The predicted octanol–water partition coefficient (Wildman–Crippen LogP) is -0.403. The zero-order valence-electron chi connectivity index (χ0n) is 5.46. The lowest BCUT2D eigenvalue weighted by molar-refractivity contribution is -0.143. The van der Waals surface area contributed by atoms with E-state index in [1.54, 1.807) is 0 Å². The number of carboxylic acids is 1. The second-order valence-corrected chi connectivity index (χ2v) is 2.38. The Morgan fingerprint density at radius 1 is 1.70 bits per heavy atom. The Morgan fingerprint density at radius 3 is 2.80 bits per heavy atom. The molecule has 10 heavy (non-hydrogen) atoms. The van der Waals surface area contributed by atoms with Gasteiger partial charge in [-0.15, -0.1) is 0 Å². The molecule has 1 rings (SSSR count). The summed E-state index contributed by atoms with van der Waals surface area (Å²) in [5, 5.41) is 11.0. The van der Waals surface area contributed by atoms with Crippen LogP contribution in [0.2, 0.25) is 0 Å². The molecule has 0 aromatic carbocycles. The van der Waals surface area contributed by atoms with Gasteiger partial charge in [0.05, 0.1) is 5.92 Å². The molecule has 0 saturated carbocycles. The topological polar surface area (TPSA) is 66.4 Å². The Bertz CT molecular complexity index is 156. The van der Waals surface area contributed by atoms with E-state index in [-0.39, 0.29) is 18.4 Å². The highest BCUT2D eigenvalue weighted by Gasteiger charge is 2.23. The lowest BCUT2D eigenvalue weighted by atomic mass is 10.00. The summed E-state index contributed by atoms with van der Waals surface area (Å²) in [6.07, 6.45) is 0.818. The van der Waals surface area contributed by atoms with Crippen LogP contribution in [0.4, 0.5) is 0 Å². The van der Waals surface area contributed by atoms with Crippen molar-refractivity contribution in [1.82, 2.24) is 5.32 Å². The molecule has 1 aliphatic rings. The van der Waals surface area contributed by atoms with E-state index >= 15 is 0 Å². The van der Waals surface area contributed by atoms with E-state index in [2.05, 4.69) is 5.32 Å². The van der Waals surface area contributed by atoms with Crippen molar-refractivity contribution in [1.29, 1.82) is 0 Å². The zero-order valence-corrected chi connectivity index (χ0v) is 5.46. The summed E-state index contributed by atoms with van der Waals surface area (Å²) in [5.41, 5.74) is 0. The van der Waals surface area contributed by atoms with E-state index in [0.29, 0.717) is 12.8 Å². The monoisotopic (exact) mass is 143 g/mol. The zero-order chi connectivity index (χ0) is 7.56. The third kappa shape index (κ3) is 1.46. The maximum atomic E-state index is 10.5. The van der Waals surface area contributed by atoms with Crippen LogP contribution in [0.5, 0.6) is 0 Å². The third-order valence-corrected chi connectivity index (χ3v) is 1.61. The van der Waals surface area contributed by atoms with E-state index in [0.717, 1.165) is 0 Å². The average molecular weight is 143 g/mol. The molecule has 0 bridgehead atoms. The second kappa shape index (κ2) is 2.68. The predicted molar refractivity (Wildman–Crippen MR) is 33.4 cm³/mol. The van der Waals surface area contributed by atoms with Gasteiger partial charge in [0.2, 0.25) is 5.91 Å². The fraction of sp³-hybridized carbons (Fsp3) is 0.667. The Labute approximate surface area is 58.2 Å². The van der Waals surface area contributed by atoms with E-state index in [1.807, 2.05) is 0 Å². The lowest BCUT2D eigenvalue weighted by Crippen LogP contribution is -2.38. The Balaban J connectivity index is 2.40. The van der Waals surface area contributed by atoms with Gasteiger partial charge >= 0.3 is 5.97 Å². The first-order chi connectivity index (χ1) is 4.70. The summed E-state index contributed by atoms with van der Waals surface area (Å²) in [7, 11) is 0. The molecule has 1 atom stereocenters. The van der Waals surface area contributed by atoms with Crippen LogP contribution < -0.4 is 5.32 Å². The highest BCUT2D eigenvalue weighted by Crippen LogP contribution is 2.09. The van der Waals surface area contributed by atoms with Gasteiger partial charge in [-0.25, -0.2) is 0 Å². The van der Waals surface area contributed by atoms with Gasteiger partial charge in [-0.05, 0) is 6.42 Å². The lowest BCUT2D eigenvalue weighted by Gasteiger charge is -2.17. The SMILES string of the molecule is O=C1CC[C@H](C(=O)O)CN1. The van der Waals surface area contributed by atoms with Crippen molar-refractivity contribution in [2.45, 2.75) is 12.8 Å². The summed E-state index contributed by atoms with van der Waals surface area (Å²) in [6, 6.07) is 0. The van der Waals surface area contributed by atoms with E-state index in [9.17, 15) is 9.59 Å². The van der Waals surface area contributed by atoms with Gasteiger partial charge in [0.1, 0.15) is 0 Å². The van der Waals surface area contributed by atoms with Gasteiger partial charge in [0.15, 0.2) is 0 Å². The van der Waals surface area contributed by atoms with Gasteiger partial charge in [-0.1, -0.05) is 0 Å². The number of hydrogen-bond acceptors (Lipinski definition) is 2. The molecule has 56 valence electrons. The number of carbonyl (C=O) groups is 2. The Hall–Kier alpha value is -1.06. The van der Waals surface area contributed by atoms with Crippen LogP contribution in [0.15, 0.2) is 0 Å². The molecular weight excluding hydrogens is 134 g/mol. The quantitative estimate of drug-likeness (QED) is 0.524. The number of carbonyl (C=O) groups excluding carboxylic acids is 1. The molecule has 1 fully saturated rings. The summed E-state index contributed by atoms with van der Waals surface area (Å²) >= 11 is 0. The number of rotatable bonds is 1. The first-order valence-electron chi connectivity index (χ1n) is 3.19. The molecule has 0 radical (unpaired) electrons. The van der Waals surface area contributed by atoms with Gasteiger partial charge < -0.3 is 10.4 Å². The van der Waals surface area contributed by atoms with E-state index in [1.165, 1.54) is 0 Å². The molecule has 4 heteroatoms. The highest BCUT2D eigenvalue weighted by molar-refractivity contribution is 5.80. The van der Waals surface area contributed by atoms with Crippen molar-refractivity contribution in [3.05, 3.63) is 0 Å². The molecule has 0 aliphatic carbocycles. The molecule has 0 spiro atoms. The van der Waals surface area contributed by atoms with Crippen molar-refractivity contribution in [3.63, 3.8) is 0 Å². The minimum atomic E-state index is -0.819. The first-order valence-corrected chi connectivity index (χ1v) is 3.19. The molecule has 1 aliphatic heterocycles. The van der Waals surface area contributed by atoms with Gasteiger partial charge in [-0.2, -0.15) is 0 Å². The first kappa shape index (κ1) is 7.05. The summed E-state index contributed by atoms with van der Waals surface area (Å²) in [4.78, 5) is 20.8. The van der Waals surface area contributed by atoms with Gasteiger partial charge in [0, 0.05) is 13.0 Å². The highest BCUT2D eigenvalue weighted by atomic mass is 16.4. The number of piperidine rings is 1. The number of hydrogen-bond donors (Lipinski definition) is 2. The van der Waals surface area contributed by atoms with Crippen molar-refractivity contribution >= 4 is 11.9 Å². The van der Waals surface area contributed by atoms with Crippen LogP contribution in [0.3, 0.4) is 0 Å². The molecule has 0 aromatic heterocycles. The fourth-order valence-corrected chi connectivity index (χ4v) is 0.944. The average Bonchev–Trinajstić information content (AvgIpc) is 1.88. The number of aliphatic carboxylic acids is 1. The molecule has 4 nitrogen and oxygen atoms in total. The smallest absolute Gasteiger partial charge is 0.308 e. The summed E-state index contributed by atoms with van der Waals surface area (Å²) in [5.74, 6) is -1.24. The normalized spacial score (nSPS) is 25.6. The van der Waals surface area contributed by atoms with E-state index in [4.69, 9.17) is 5.11 Å². The largest absolute Gasteiger partial charge is 0.481 e. The van der Waals surface area contributed by atoms with Crippen LogP contribution in [0.25, 0.3) is 0 Å². The van der Waals surface area contributed by atoms with Crippen molar-refractivity contribution in [2.75, 3.05) is 6.54 Å². The number of carboxylic acid groups (broad SMARTS) is 1. The van der Waals surface area contributed by atoms with Crippen molar-refractivity contribution in [3.8, 4) is 0 Å². The third-order valence-electron chi connectivity index (χ3n) is 1.61. The molecule has 2 N–H and O–H groups in total. The Morgan fingerprint density at radius 2 is 2.40 bits per heavy atom. The summed E-state index contributed by atoms with van der Waals surface area (Å²) < 4.78 is 0. The van der Waals surface area contributed by atoms with Gasteiger partial charge in [0.25, 0.3) is 0 Å². The molecule has 1 saturated heterocycles. The fourth-order valence-electron chi connectivity index (χ4n) is 0.944. The van der Waals surface area contributed by atoms with Crippen molar-refractivity contribution in [2.24, 2.45) is 5.92 Å². The van der Waals surface area contributed by atoms with Gasteiger partial charge in [-0.3, -0.25) is 9.59 Å². The van der Waals surface area contributed by atoms with Crippen molar-refractivity contribution < 1.29 is 14.7 Å². The van der Waals surface area contributed by atoms with Crippen LogP contribution in [0.1, 0.15) is 12.8 Å². The van der Waals surface area contributed by atoms with Crippen LogP contribution >= 0.6 is 0 Å². The standard InChI is InChI=1S/C6H9NO3/c8-5-2-1-4(3-7-5)6(9)10/h4H,1-3H2,(H,7,8)(H,9,10)/t4-/m0/s1. The van der Waals surface area contributed by atoms with Crippen LogP contribution in [-0.4, -0.2) is 23.5 Å². The maximum Gasteiger partial charge on any atom is 0.308 e. The molecule has 0 unspecified atom stereocenters. The molecule has 1 heterocycles. The van der Waals surface area contributed by atoms with E-state index < -0.39 is 5.97 Å². The molecule has 0 aromatic rings. The minimum Gasteiger partial charge on any atom is -0.481 e. The molecular formula is C6H9NO3. The second-order valence-electron chi connectivity index (χ2n) is 2.38. The maximum absolute atomic E-state index is 10.5. The molecule has 1 amide bonds. The Kier molecular flexibility index (Phi) is 1.89. The number of nitrogens with one attached hydrogen (secondary N) is 1. The number of amides is 1. The minimum absolute atomic E-state index is 0.0440. The van der Waals surface area contributed by atoms with Crippen LogP contribution in [0, 0.1) is 5.92 Å².